The summed E-state index contributed by atoms with van der Waals surface area (Å²) in [6.07, 6.45) is 3.75. The van der Waals surface area contributed by atoms with E-state index in [-0.39, 0.29) is 12.5 Å². The number of benzene rings is 2. The number of H-pyrrole nitrogens is 1. The number of aromatic nitrogens is 1. The summed E-state index contributed by atoms with van der Waals surface area (Å²) in [6, 6.07) is 15.1. The Hall–Kier alpha value is -3.74. The first kappa shape index (κ1) is 23.9. The first-order valence-corrected chi connectivity index (χ1v) is 11.1. The summed E-state index contributed by atoms with van der Waals surface area (Å²) in [5.74, 6) is 6.06. The fraction of sp³-hybridized carbons (Fsp3) is 0.333. The number of carbonyl (C=O) groups is 1. The summed E-state index contributed by atoms with van der Waals surface area (Å²) in [5.41, 5.74) is 1.39. The van der Waals surface area contributed by atoms with Crippen LogP contribution in [0.3, 0.4) is 0 Å². The molecule has 0 radical (unpaired) electrons. The average molecular weight is 444 g/mol. The summed E-state index contributed by atoms with van der Waals surface area (Å²) in [6.45, 7) is 5.35. The highest BCUT2D eigenvalue weighted by molar-refractivity contribution is 5.97. The third-order valence-corrected chi connectivity index (χ3v) is 5.00. The normalized spacial score (nSPS) is 12.5. The molecule has 170 valence electrons. The molecule has 0 aliphatic carbocycles. The van der Waals surface area contributed by atoms with Gasteiger partial charge in [0, 0.05) is 41.9 Å². The van der Waals surface area contributed by atoms with Gasteiger partial charge < -0.3 is 20.1 Å². The van der Waals surface area contributed by atoms with E-state index in [9.17, 15) is 9.90 Å². The Balaban J connectivity index is 1.80. The third kappa shape index (κ3) is 6.62. The van der Waals surface area contributed by atoms with Crippen LogP contribution in [0.2, 0.25) is 0 Å². The quantitative estimate of drug-likeness (QED) is 0.267. The Morgan fingerprint density at radius 3 is 2.79 bits per heavy atom. The van der Waals surface area contributed by atoms with Crippen molar-refractivity contribution in [2.45, 2.75) is 58.3 Å². The summed E-state index contributed by atoms with van der Waals surface area (Å²) < 4.78 is 5.83. The summed E-state index contributed by atoms with van der Waals surface area (Å²) >= 11 is 0. The number of hydrogen-bond donors (Lipinski definition) is 3. The Labute approximate surface area is 194 Å². The van der Waals surface area contributed by atoms with E-state index in [4.69, 9.17) is 10.00 Å². The molecular weight excluding hydrogens is 414 g/mol. The fourth-order valence-electron chi connectivity index (χ4n) is 3.57. The van der Waals surface area contributed by atoms with Gasteiger partial charge in [0.2, 0.25) is 0 Å². The molecule has 3 N–H and O–H groups in total. The van der Waals surface area contributed by atoms with Gasteiger partial charge in [-0.05, 0) is 57.0 Å². The van der Waals surface area contributed by atoms with Crippen molar-refractivity contribution in [1.82, 2.24) is 10.3 Å². The number of hydrogen-bond acceptors (Lipinski definition) is 4. The molecule has 0 bridgehead atoms. The molecule has 1 heterocycles. The summed E-state index contributed by atoms with van der Waals surface area (Å²) in [5, 5.41) is 23.4. The zero-order chi connectivity index (χ0) is 23.8. The highest BCUT2D eigenvalue weighted by Crippen LogP contribution is 2.24. The van der Waals surface area contributed by atoms with Crippen molar-refractivity contribution in [3.63, 3.8) is 0 Å². The van der Waals surface area contributed by atoms with Crippen molar-refractivity contribution >= 4 is 16.8 Å². The summed E-state index contributed by atoms with van der Waals surface area (Å²) in [7, 11) is 0. The zero-order valence-corrected chi connectivity index (χ0v) is 19.2. The minimum atomic E-state index is -1.48. The van der Waals surface area contributed by atoms with Crippen molar-refractivity contribution in [2.75, 3.05) is 0 Å². The number of aliphatic hydroxyl groups is 1. The Morgan fingerprint density at radius 1 is 1.24 bits per heavy atom. The van der Waals surface area contributed by atoms with Gasteiger partial charge in [-0.1, -0.05) is 30.0 Å². The van der Waals surface area contributed by atoms with Crippen LogP contribution in [0.25, 0.3) is 10.9 Å². The fourth-order valence-corrected chi connectivity index (χ4v) is 3.57. The monoisotopic (exact) mass is 443 g/mol. The number of nitrogens with one attached hydrogen (secondary N) is 2. The molecular formula is C27H29N3O3. The maximum atomic E-state index is 13.2. The number of fused-ring (bicyclic) bond motifs is 1. The van der Waals surface area contributed by atoms with Gasteiger partial charge in [0.05, 0.1) is 17.7 Å². The molecule has 3 aromatic rings. The molecule has 2 aromatic carbocycles. The topological polar surface area (TPSA) is 98.1 Å². The lowest BCUT2D eigenvalue weighted by Gasteiger charge is -2.25. The highest BCUT2D eigenvalue weighted by atomic mass is 16.5. The van der Waals surface area contributed by atoms with E-state index < -0.39 is 11.6 Å². The highest BCUT2D eigenvalue weighted by Gasteiger charge is 2.27. The van der Waals surface area contributed by atoms with E-state index in [2.05, 4.69) is 28.2 Å². The van der Waals surface area contributed by atoms with Crippen LogP contribution >= 0.6 is 0 Å². The third-order valence-electron chi connectivity index (χ3n) is 5.00. The predicted octanol–water partition coefficient (Wildman–Crippen LogP) is 4.68. The number of rotatable bonds is 8. The Kier molecular flexibility index (Phi) is 7.77. The molecule has 0 saturated heterocycles. The van der Waals surface area contributed by atoms with E-state index in [1.807, 2.05) is 44.3 Å². The van der Waals surface area contributed by atoms with Gasteiger partial charge in [-0.25, -0.2) is 0 Å². The molecule has 6 heteroatoms. The number of nitrogens with zero attached hydrogens (tertiary/aromatic N) is 1. The van der Waals surface area contributed by atoms with E-state index >= 15 is 0 Å². The number of para-hydroxylation sites is 1. The Morgan fingerprint density at radius 2 is 2.03 bits per heavy atom. The van der Waals surface area contributed by atoms with Crippen molar-refractivity contribution in [1.29, 1.82) is 5.26 Å². The number of aromatic amines is 1. The van der Waals surface area contributed by atoms with E-state index in [0.29, 0.717) is 36.1 Å². The second kappa shape index (κ2) is 10.7. The van der Waals surface area contributed by atoms with Gasteiger partial charge >= 0.3 is 0 Å². The lowest BCUT2D eigenvalue weighted by Crippen LogP contribution is -2.47. The molecule has 33 heavy (non-hydrogen) atoms. The molecule has 1 aromatic heterocycles. The van der Waals surface area contributed by atoms with Gasteiger partial charge in [0.1, 0.15) is 11.5 Å². The lowest BCUT2D eigenvalue weighted by atomic mass is 10.0. The molecule has 0 fully saturated rings. The van der Waals surface area contributed by atoms with E-state index in [1.54, 1.807) is 25.1 Å². The SMILES string of the molecule is CC(C)Oc1ccc(C#CCCCC#N)cc1C(=O)N[C@](C)(O)Cc1c[nH]c2ccccc12. The number of unbranched alkanes of at least 4 members (excludes halogenated alkanes) is 2. The van der Waals surface area contributed by atoms with Crippen molar-refractivity contribution in [3.05, 3.63) is 65.4 Å². The molecule has 0 saturated carbocycles. The number of amides is 1. The van der Waals surface area contributed by atoms with Crippen LogP contribution < -0.4 is 10.1 Å². The minimum Gasteiger partial charge on any atom is -0.490 e. The first-order chi connectivity index (χ1) is 15.8. The number of nitriles is 1. The maximum Gasteiger partial charge on any atom is 0.257 e. The van der Waals surface area contributed by atoms with Gasteiger partial charge in [-0.2, -0.15) is 5.26 Å². The maximum absolute atomic E-state index is 13.2. The molecule has 1 amide bonds. The van der Waals surface area contributed by atoms with Crippen molar-refractivity contribution < 1.29 is 14.6 Å². The van der Waals surface area contributed by atoms with E-state index in [0.717, 1.165) is 16.5 Å². The number of ether oxygens (including phenoxy) is 1. The lowest BCUT2D eigenvalue weighted by molar-refractivity contribution is 0.0234. The minimum absolute atomic E-state index is 0.119. The molecule has 0 aliphatic rings. The van der Waals surface area contributed by atoms with Crippen LogP contribution in [-0.2, 0) is 6.42 Å². The molecule has 6 nitrogen and oxygen atoms in total. The van der Waals surface area contributed by atoms with Crippen LogP contribution in [0.5, 0.6) is 5.75 Å². The largest absolute Gasteiger partial charge is 0.490 e. The average Bonchev–Trinajstić information content (AvgIpc) is 3.16. The van der Waals surface area contributed by atoms with Gasteiger partial charge in [-0.15, -0.1) is 0 Å². The van der Waals surface area contributed by atoms with Crippen molar-refractivity contribution in [3.8, 4) is 23.7 Å². The van der Waals surface area contributed by atoms with Crippen LogP contribution in [-0.4, -0.2) is 27.8 Å². The second-order valence-electron chi connectivity index (χ2n) is 8.46. The second-order valence-corrected chi connectivity index (χ2v) is 8.46. The first-order valence-electron chi connectivity index (χ1n) is 11.1. The zero-order valence-electron chi connectivity index (χ0n) is 19.2. The van der Waals surface area contributed by atoms with Gasteiger partial charge in [-0.3, -0.25) is 4.79 Å². The molecule has 0 unspecified atom stereocenters. The van der Waals surface area contributed by atoms with E-state index in [1.165, 1.54) is 0 Å². The van der Waals surface area contributed by atoms with Crippen LogP contribution in [0.15, 0.2) is 48.7 Å². The molecule has 3 rings (SSSR count). The number of carbonyl (C=O) groups excluding carboxylic acids is 1. The molecule has 0 aliphatic heterocycles. The smallest absolute Gasteiger partial charge is 0.257 e. The van der Waals surface area contributed by atoms with Gasteiger partial charge in [0.15, 0.2) is 0 Å². The van der Waals surface area contributed by atoms with Crippen molar-refractivity contribution in [2.24, 2.45) is 0 Å². The van der Waals surface area contributed by atoms with Gasteiger partial charge in [0.25, 0.3) is 5.91 Å². The predicted molar refractivity (Wildman–Crippen MR) is 129 cm³/mol. The summed E-state index contributed by atoms with van der Waals surface area (Å²) in [4.78, 5) is 16.4. The Bertz CT molecular complexity index is 1220. The van der Waals surface area contributed by atoms with Crippen LogP contribution in [0.1, 0.15) is 61.5 Å². The van der Waals surface area contributed by atoms with Crippen LogP contribution in [0, 0.1) is 23.2 Å². The molecule has 0 spiro atoms. The standard InChI is InChI=1S/C27H29N3O3/c1-19(2)33-25-14-13-20(10-6-4-5-9-15-28)16-23(25)26(31)30-27(3,32)17-21-18-29-24-12-8-7-11-22(21)24/h7-8,11-14,16,18-19,29,32H,4-5,9,17H2,1-3H3,(H,30,31)/t27-/m1/s1. The molecule has 1 atom stereocenters. The van der Waals surface area contributed by atoms with Crippen LogP contribution in [0.4, 0.5) is 0 Å².